The highest BCUT2D eigenvalue weighted by Gasteiger charge is 2.12. The Hall–Kier alpha value is -2.58. The first kappa shape index (κ1) is 24.5. The number of carboxylic acids is 1. The smallest absolute Gasteiger partial charge is 0.339 e. The predicted molar refractivity (Wildman–Crippen MR) is 108 cm³/mol. The first-order valence-electron chi connectivity index (χ1n) is 8.51. The molecule has 0 fully saturated rings. The quantitative estimate of drug-likeness (QED) is 0.647. The van der Waals surface area contributed by atoms with Crippen LogP contribution in [0.3, 0.4) is 0 Å². The van der Waals surface area contributed by atoms with E-state index in [0.29, 0.717) is 16.5 Å². The minimum atomic E-state index is -1.06. The Morgan fingerprint density at radius 1 is 0.897 bits per heavy atom. The maximum atomic E-state index is 11.1. The third-order valence-electron chi connectivity index (χ3n) is 2.98. The zero-order valence-corrected chi connectivity index (χ0v) is 18.1. The van der Waals surface area contributed by atoms with E-state index in [1.165, 1.54) is 31.6 Å². The van der Waals surface area contributed by atoms with Gasteiger partial charge in [-0.1, -0.05) is 23.2 Å². The Labute approximate surface area is 178 Å². The summed E-state index contributed by atoms with van der Waals surface area (Å²) in [5, 5.41) is 9.15. The predicted octanol–water partition coefficient (Wildman–Crippen LogP) is 4.53. The summed E-state index contributed by atoms with van der Waals surface area (Å²) in [6, 6.07) is 2.78. The number of ether oxygens (including phenoxy) is 3. The van der Waals surface area contributed by atoms with Gasteiger partial charge in [0.2, 0.25) is 11.8 Å². The SMILES string of the molecule is CC(C)Oc1ncc(C(=O)O)cc1Cl.COC(=O)c1cnc(OC(C)C)c(Cl)c1. The first-order valence-corrected chi connectivity index (χ1v) is 9.26. The minimum Gasteiger partial charge on any atom is -0.478 e. The summed E-state index contributed by atoms with van der Waals surface area (Å²) in [6.07, 6.45) is 2.52. The zero-order valence-electron chi connectivity index (χ0n) is 16.6. The van der Waals surface area contributed by atoms with E-state index >= 15 is 0 Å². The van der Waals surface area contributed by atoms with Crippen LogP contribution >= 0.6 is 23.2 Å². The van der Waals surface area contributed by atoms with E-state index in [0.717, 1.165) is 0 Å². The highest BCUT2D eigenvalue weighted by Crippen LogP contribution is 2.24. The number of methoxy groups -OCH3 is 1. The Morgan fingerprint density at radius 2 is 1.31 bits per heavy atom. The van der Waals surface area contributed by atoms with Gasteiger partial charge in [-0.05, 0) is 39.8 Å². The number of aromatic nitrogens is 2. The lowest BCUT2D eigenvalue weighted by atomic mass is 10.3. The Kier molecular flexibility index (Phi) is 9.64. The monoisotopic (exact) mass is 444 g/mol. The second kappa shape index (κ2) is 11.4. The van der Waals surface area contributed by atoms with Crippen LogP contribution in [0.25, 0.3) is 0 Å². The van der Waals surface area contributed by atoms with Crippen molar-refractivity contribution in [2.45, 2.75) is 39.9 Å². The highest BCUT2D eigenvalue weighted by molar-refractivity contribution is 6.32. The van der Waals surface area contributed by atoms with Crippen molar-refractivity contribution in [3.8, 4) is 11.8 Å². The number of pyridine rings is 2. The summed E-state index contributed by atoms with van der Waals surface area (Å²) in [5.41, 5.74) is 0.352. The summed E-state index contributed by atoms with van der Waals surface area (Å²) in [7, 11) is 1.30. The number of esters is 1. The van der Waals surface area contributed by atoms with Gasteiger partial charge in [0.05, 0.1) is 30.4 Å². The van der Waals surface area contributed by atoms with Gasteiger partial charge in [-0.15, -0.1) is 0 Å². The first-order chi connectivity index (χ1) is 13.5. The molecule has 1 N–H and O–H groups in total. The molecule has 0 atom stereocenters. The Balaban J connectivity index is 0.000000291. The largest absolute Gasteiger partial charge is 0.478 e. The van der Waals surface area contributed by atoms with Crippen LogP contribution < -0.4 is 9.47 Å². The lowest BCUT2D eigenvalue weighted by Crippen LogP contribution is -2.08. The van der Waals surface area contributed by atoms with Gasteiger partial charge in [0.25, 0.3) is 0 Å². The van der Waals surface area contributed by atoms with Gasteiger partial charge in [0.1, 0.15) is 10.0 Å². The highest BCUT2D eigenvalue weighted by atomic mass is 35.5. The molecule has 158 valence electrons. The van der Waals surface area contributed by atoms with Crippen LogP contribution in [-0.4, -0.2) is 46.3 Å². The van der Waals surface area contributed by atoms with Crippen molar-refractivity contribution in [3.05, 3.63) is 45.7 Å². The molecule has 2 heterocycles. The molecular formula is C19H22Cl2N2O6. The van der Waals surface area contributed by atoms with Crippen LogP contribution in [0.5, 0.6) is 11.8 Å². The third kappa shape index (κ3) is 8.13. The van der Waals surface area contributed by atoms with Gasteiger partial charge in [0.15, 0.2) is 0 Å². The molecule has 0 aliphatic carbocycles. The van der Waals surface area contributed by atoms with Crippen molar-refractivity contribution in [1.29, 1.82) is 0 Å². The van der Waals surface area contributed by atoms with Crippen LogP contribution in [0.4, 0.5) is 0 Å². The fourth-order valence-corrected chi connectivity index (χ4v) is 2.24. The van der Waals surface area contributed by atoms with Gasteiger partial charge >= 0.3 is 11.9 Å². The molecule has 2 aromatic heterocycles. The number of hydrogen-bond donors (Lipinski definition) is 1. The van der Waals surface area contributed by atoms with Gasteiger partial charge in [-0.2, -0.15) is 0 Å². The summed E-state index contributed by atoms with van der Waals surface area (Å²) in [5.74, 6) is -0.956. The molecule has 0 aromatic carbocycles. The molecule has 0 radical (unpaired) electrons. The lowest BCUT2D eigenvalue weighted by molar-refractivity contribution is 0.0599. The molecule has 0 spiro atoms. The summed E-state index contributed by atoms with van der Waals surface area (Å²) < 4.78 is 15.1. The molecule has 0 saturated heterocycles. The Bertz CT molecular complexity index is 859. The molecule has 0 bridgehead atoms. The van der Waals surface area contributed by atoms with Gasteiger partial charge in [-0.25, -0.2) is 19.6 Å². The van der Waals surface area contributed by atoms with Crippen LogP contribution in [0, 0.1) is 0 Å². The second-order valence-electron chi connectivity index (χ2n) is 6.15. The summed E-state index contributed by atoms with van der Waals surface area (Å²) >= 11 is 11.6. The number of nitrogens with zero attached hydrogens (tertiary/aromatic N) is 2. The molecule has 2 aromatic rings. The van der Waals surface area contributed by atoms with Gasteiger partial charge in [0, 0.05) is 12.4 Å². The molecule has 2 rings (SSSR count). The number of aromatic carboxylic acids is 1. The maximum absolute atomic E-state index is 11.1. The van der Waals surface area contributed by atoms with Crippen LogP contribution in [0.15, 0.2) is 24.5 Å². The van der Waals surface area contributed by atoms with Crippen LogP contribution in [0.2, 0.25) is 10.0 Å². The normalized spacial score (nSPS) is 10.2. The molecule has 8 nitrogen and oxygen atoms in total. The van der Waals surface area contributed by atoms with Crippen molar-refractivity contribution in [1.82, 2.24) is 9.97 Å². The average molecular weight is 445 g/mol. The Morgan fingerprint density at radius 3 is 1.66 bits per heavy atom. The summed E-state index contributed by atoms with van der Waals surface area (Å²) in [6.45, 7) is 7.41. The van der Waals surface area contributed by atoms with Crippen LogP contribution in [0.1, 0.15) is 48.4 Å². The lowest BCUT2D eigenvalue weighted by Gasteiger charge is -2.10. The van der Waals surface area contributed by atoms with Crippen molar-refractivity contribution in [2.75, 3.05) is 7.11 Å². The zero-order chi connectivity index (χ0) is 22.1. The fourth-order valence-electron chi connectivity index (χ4n) is 1.82. The molecule has 10 heteroatoms. The summed E-state index contributed by atoms with van der Waals surface area (Å²) in [4.78, 5) is 29.4. The third-order valence-corrected chi connectivity index (χ3v) is 3.52. The molecular weight excluding hydrogens is 423 g/mol. The standard InChI is InChI=1S/C10H12ClNO3.C9H10ClNO3/c1-6(2)15-9-8(11)4-7(5-12-9)10(13)14-3;1-5(2)14-8-7(10)3-6(4-11-8)9(12)13/h4-6H,1-3H3;3-5H,1-2H3,(H,12,13). The molecule has 0 amide bonds. The van der Waals surface area contributed by atoms with Crippen molar-refractivity contribution >= 4 is 35.1 Å². The minimum absolute atomic E-state index is 0.0148. The van der Waals surface area contributed by atoms with Crippen molar-refractivity contribution in [2.24, 2.45) is 0 Å². The average Bonchev–Trinajstić information content (AvgIpc) is 2.64. The van der Waals surface area contributed by atoms with E-state index in [2.05, 4.69) is 14.7 Å². The van der Waals surface area contributed by atoms with E-state index in [4.69, 9.17) is 37.8 Å². The topological polar surface area (TPSA) is 108 Å². The van der Waals surface area contributed by atoms with E-state index in [-0.39, 0.29) is 28.7 Å². The van der Waals surface area contributed by atoms with E-state index in [1.807, 2.05) is 27.7 Å². The van der Waals surface area contributed by atoms with Crippen LogP contribution in [-0.2, 0) is 4.74 Å². The number of carbonyl (C=O) groups excluding carboxylic acids is 1. The molecule has 0 aliphatic rings. The number of carbonyl (C=O) groups is 2. The van der Waals surface area contributed by atoms with Gasteiger partial charge < -0.3 is 19.3 Å². The second-order valence-corrected chi connectivity index (χ2v) is 6.97. The molecule has 0 saturated carbocycles. The van der Waals surface area contributed by atoms with Crippen molar-refractivity contribution in [3.63, 3.8) is 0 Å². The molecule has 0 unspecified atom stereocenters. The number of halogens is 2. The van der Waals surface area contributed by atoms with Crippen molar-refractivity contribution < 1.29 is 28.9 Å². The number of rotatable bonds is 6. The maximum Gasteiger partial charge on any atom is 0.339 e. The van der Waals surface area contributed by atoms with Gasteiger partial charge in [-0.3, -0.25) is 0 Å². The fraction of sp³-hybridized carbons (Fsp3) is 0.368. The molecule has 29 heavy (non-hydrogen) atoms. The van der Waals surface area contributed by atoms with E-state index in [9.17, 15) is 9.59 Å². The van der Waals surface area contributed by atoms with E-state index < -0.39 is 11.9 Å². The molecule has 0 aliphatic heterocycles. The number of carboxylic acid groups (broad SMARTS) is 1. The number of hydrogen-bond acceptors (Lipinski definition) is 7. The van der Waals surface area contributed by atoms with E-state index in [1.54, 1.807) is 0 Å².